The van der Waals surface area contributed by atoms with Crippen molar-refractivity contribution in [3.05, 3.63) is 41.5 Å². The minimum absolute atomic E-state index is 0.525. The van der Waals surface area contributed by atoms with Crippen LogP contribution in [0.1, 0.15) is 17.0 Å². The molecule has 0 heterocycles. The van der Waals surface area contributed by atoms with Crippen molar-refractivity contribution in [2.75, 3.05) is 0 Å². The van der Waals surface area contributed by atoms with Crippen molar-refractivity contribution in [2.24, 2.45) is 0 Å². The Labute approximate surface area is 79.8 Å². The Morgan fingerprint density at radius 2 is 2.17 bits per heavy atom. The third-order valence-corrected chi connectivity index (χ3v) is 3.26. The van der Waals surface area contributed by atoms with E-state index in [-0.39, 0.29) is 0 Å². The SMILES string of the molecule is Cl[Si]CC1C=Cc2ccccc21. The Bertz CT molecular complexity index is 306. The fraction of sp³-hybridized carbons (Fsp3) is 0.200. The van der Waals surface area contributed by atoms with Crippen LogP contribution in [0.25, 0.3) is 6.08 Å². The van der Waals surface area contributed by atoms with Gasteiger partial charge in [-0.3, -0.25) is 0 Å². The first-order valence-electron chi connectivity index (χ1n) is 4.02. The number of rotatable bonds is 2. The van der Waals surface area contributed by atoms with Gasteiger partial charge in [-0.05, 0) is 17.2 Å². The molecule has 2 rings (SSSR count). The monoisotopic (exact) mass is 192 g/mol. The Morgan fingerprint density at radius 3 is 3.00 bits per heavy atom. The molecule has 0 amide bonds. The number of allylic oxidation sites excluding steroid dienone is 1. The molecule has 2 heteroatoms. The molecule has 0 fully saturated rings. The summed E-state index contributed by atoms with van der Waals surface area (Å²) < 4.78 is 0. The molecule has 0 bridgehead atoms. The van der Waals surface area contributed by atoms with E-state index in [9.17, 15) is 0 Å². The lowest BCUT2D eigenvalue weighted by atomic mass is 10.0. The Kier molecular flexibility index (Phi) is 2.33. The molecule has 2 radical (unpaired) electrons. The van der Waals surface area contributed by atoms with Gasteiger partial charge in [0.05, 0.1) is 0 Å². The fourth-order valence-electron chi connectivity index (χ4n) is 1.58. The Morgan fingerprint density at radius 1 is 1.33 bits per heavy atom. The molecule has 60 valence electrons. The maximum Gasteiger partial charge on any atom is 0.172 e. The van der Waals surface area contributed by atoms with Crippen LogP contribution in [0.5, 0.6) is 0 Å². The molecular formula is C10H9ClSi. The normalized spacial score (nSPS) is 19.6. The maximum atomic E-state index is 5.74. The zero-order chi connectivity index (χ0) is 8.39. The molecule has 0 nitrogen and oxygen atoms in total. The van der Waals surface area contributed by atoms with E-state index >= 15 is 0 Å². The predicted octanol–water partition coefficient (Wildman–Crippen LogP) is 3.07. The number of benzene rings is 1. The zero-order valence-corrected chi connectivity index (χ0v) is 8.38. The quantitative estimate of drug-likeness (QED) is 0.499. The van der Waals surface area contributed by atoms with Gasteiger partial charge in [-0.1, -0.05) is 36.4 Å². The minimum atomic E-state index is 0.525. The van der Waals surface area contributed by atoms with E-state index in [4.69, 9.17) is 11.1 Å². The second-order valence-electron chi connectivity index (χ2n) is 2.93. The van der Waals surface area contributed by atoms with Crippen molar-refractivity contribution < 1.29 is 0 Å². The summed E-state index contributed by atoms with van der Waals surface area (Å²) in [6.45, 7) is 0. The first kappa shape index (κ1) is 8.08. The lowest BCUT2D eigenvalue weighted by molar-refractivity contribution is 0.984. The van der Waals surface area contributed by atoms with Crippen LogP contribution in [0.4, 0.5) is 0 Å². The van der Waals surface area contributed by atoms with Gasteiger partial charge in [0.15, 0.2) is 8.83 Å². The molecule has 1 atom stereocenters. The smallest absolute Gasteiger partial charge is 0.171 e. The van der Waals surface area contributed by atoms with Crippen LogP contribution in [-0.4, -0.2) is 8.83 Å². The second-order valence-corrected chi connectivity index (χ2v) is 4.41. The third kappa shape index (κ3) is 1.34. The summed E-state index contributed by atoms with van der Waals surface area (Å²) in [6, 6.07) is 9.60. The van der Waals surface area contributed by atoms with E-state index in [0.717, 1.165) is 6.04 Å². The summed E-state index contributed by atoms with van der Waals surface area (Å²) in [7, 11) is 0.525. The van der Waals surface area contributed by atoms with Gasteiger partial charge >= 0.3 is 0 Å². The summed E-state index contributed by atoms with van der Waals surface area (Å²) in [5.41, 5.74) is 2.79. The summed E-state index contributed by atoms with van der Waals surface area (Å²) in [6.07, 6.45) is 4.44. The lowest BCUT2D eigenvalue weighted by Gasteiger charge is -2.06. The van der Waals surface area contributed by atoms with Gasteiger partial charge in [0, 0.05) is 5.92 Å². The van der Waals surface area contributed by atoms with Gasteiger partial charge in [-0.2, -0.15) is 11.1 Å². The van der Waals surface area contributed by atoms with Crippen molar-refractivity contribution >= 4 is 26.0 Å². The molecule has 0 aromatic heterocycles. The summed E-state index contributed by atoms with van der Waals surface area (Å²) >= 11 is 5.74. The van der Waals surface area contributed by atoms with Crippen LogP contribution in [0.15, 0.2) is 30.3 Å². The molecule has 0 N–H and O–H groups in total. The van der Waals surface area contributed by atoms with Crippen molar-refractivity contribution in [1.29, 1.82) is 0 Å². The molecular weight excluding hydrogens is 184 g/mol. The van der Waals surface area contributed by atoms with Gasteiger partial charge in [0.2, 0.25) is 0 Å². The van der Waals surface area contributed by atoms with E-state index in [1.54, 1.807) is 0 Å². The van der Waals surface area contributed by atoms with Crippen molar-refractivity contribution in [3.8, 4) is 0 Å². The molecule has 1 aromatic rings. The van der Waals surface area contributed by atoms with Crippen LogP contribution < -0.4 is 0 Å². The summed E-state index contributed by atoms with van der Waals surface area (Å²) in [5, 5.41) is 0. The van der Waals surface area contributed by atoms with E-state index in [0.29, 0.717) is 14.7 Å². The molecule has 1 aliphatic rings. The molecule has 0 aliphatic heterocycles. The Hall–Kier alpha value is -0.533. The average Bonchev–Trinajstić information content (AvgIpc) is 2.50. The van der Waals surface area contributed by atoms with Crippen molar-refractivity contribution in [1.82, 2.24) is 0 Å². The number of halogens is 1. The highest BCUT2D eigenvalue weighted by Crippen LogP contribution is 2.32. The van der Waals surface area contributed by atoms with E-state index < -0.39 is 0 Å². The summed E-state index contributed by atoms with van der Waals surface area (Å²) in [5.74, 6) is 0.567. The van der Waals surface area contributed by atoms with Crippen LogP contribution in [-0.2, 0) is 0 Å². The second kappa shape index (κ2) is 3.46. The molecule has 1 unspecified atom stereocenters. The van der Waals surface area contributed by atoms with Crippen molar-refractivity contribution in [2.45, 2.75) is 12.0 Å². The predicted molar refractivity (Wildman–Crippen MR) is 54.6 cm³/mol. The highest BCUT2D eigenvalue weighted by atomic mass is 35.6. The number of hydrogen-bond acceptors (Lipinski definition) is 0. The lowest BCUT2D eigenvalue weighted by Crippen LogP contribution is -1.93. The number of fused-ring (bicyclic) bond motifs is 1. The molecule has 0 spiro atoms. The molecule has 0 saturated carbocycles. The van der Waals surface area contributed by atoms with Gasteiger partial charge in [-0.25, -0.2) is 0 Å². The fourth-order valence-corrected chi connectivity index (χ4v) is 2.61. The standard InChI is InChI=1S/C10H9ClSi/c11-12-7-9-6-5-8-3-1-2-4-10(8)9/h1-6,9H,7H2. The zero-order valence-electron chi connectivity index (χ0n) is 6.63. The van der Waals surface area contributed by atoms with Crippen LogP contribution in [0, 0.1) is 0 Å². The molecule has 1 aromatic carbocycles. The first-order chi connectivity index (χ1) is 5.92. The largest absolute Gasteiger partial charge is 0.172 e. The van der Waals surface area contributed by atoms with E-state index in [2.05, 4.69) is 36.4 Å². The average molecular weight is 193 g/mol. The van der Waals surface area contributed by atoms with Crippen molar-refractivity contribution in [3.63, 3.8) is 0 Å². The van der Waals surface area contributed by atoms with Crippen LogP contribution >= 0.6 is 11.1 Å². The van der Waals surface area contributed by atoms with Crippen LogP contribution in [0.2, 0.25) is 6.04 Å². The van der Waals surface area contributed by atoms with E-state index in [1.807, 2.05) is 0 Å². The minimum Gasteiger partial charge on any atom is -0.171 e. The molecule has 1 aliphatic carbocycles. The van der Waals surface area contributed by atoms with Gasteiger partial charge in [0.25, 0.3) is 0 Å². The van der Waals surface area contributed by atoms with E-state index in [1.165, 1.54) is 11.1 Å². The Balaban J connectivity index is 2.30. The van der Waals surface area contributed by atoms with Crippen LogP contribution in [0.3, 0.4) is 0 Å². The van der Waals surface area contributed by atoms with Gasteiger partial charge in [-0.15, -0.1) is 0 Å². The first-order valence-corrected chi connectivity index (χ1v) is 6.24. The molecule has 0 saturated heterocycles. The van der Waals surface area contributed by atoms with Gasteiger partial charge in [0.1, 0.15) is 0 Å². The third-order valence-electron chi connectivity index (χ3n) is 2.20. The topological polar surface area (TPSA) is 0 Å². The number of hydrogen-bond donors (Lipinski definition) is 0. The summed E-state index contributed by atoms with van der Waals surface area (Å²) in [4.78, 5) is 0. The highest BCUT2D eigenvalue weighted by molar-refractivity contribution is 6.93. The molecule has 12 heavy (non-hydrogen) atoms. The van der Waals surface area contributed by atoms with Gasteiger partial charge < -0.3 is 0 Å². The maximum absolute atomic E-state index is 5.74. The highest BCUT2D eigenvalue weighted by Gasteiger charge is 2.15.